The molecule has 0 aliphatic rings. The van der Waals surface area contributed by atoms with Crippen LogP contribution in [0.1, 0.15) is 18.9 Å². The van der Waals surface area contributed by atoms with Crippen molar-refractivity contribution in [3.05, 3.63) is 36.5 Å². The summed E-state index contributed by atoms with van der Waals surface area (Å²) in [6.45, 7) is 3.97. The number of nitrogens with one attached hydrogen (secondary N) is 1. The number of rotatable bonds is 6. The van der Waals surface area contributed by atoms with Crippen LogP contribution in [0.4, 0.5) is 0 Å². The average molecular weight is 261 g/mol. The van der Waals surface area contributed by atoms with Crippen LogP contribution in [0, 0.1) is 0 Å². The Morgan fingerprint density at radius 1 is 1.22 bits per heavy atom. The van der Waals surface area contributed by atoms with Gasteiger partial charge in [-0.2, -0.15) is 0 Å². The fraction of sp³-hybridized carbons (Fsp3) is 0.333. The van der Waals surface area contributed by atoms with E-state index in [1.54, 1.807) is 6.20 Å². The van der Waals surface area contributed by atoms with E-state index < -0.39 is 0 Å². The minimum atomic E-state index is 0.702. The normalized spacial score (nSPS) is 10.5. The SMILES string of the molecule is CCCNCc1cnc(Sc2ccncn2)nc1. The maximum Gasteiger partial charge on any atom is 0.193 e. The van der Waals surface area contributed by atoms with Crippen molar-refractivity contribution in [2.45, 2.75) is 30.1 Å². The van der Waals surface area contributed by atoms with Gasteiger partial charge in [-0.25, -0.2) is 19.9 Å². The van der Waals surface area contributed by atoms with E-state index in [0.717, 1.165) is 30.1 Å². The fourth-order valence-corrected chi connectivity index (χ4v) is 1.96. The Morgan fingerprint density at radius 3 is 2.72 bits per heavy atom. The molecule has 0 saturated carbocycles. The van der Waals surface area contributed by atoms with Crippen molar-refractivity contribution in [3.8, 4) is 0 Å². The van der Waals surface area contributed by atoms with Gasteiger partial charge >= 0.3 is 0 Å². The zero-order chi connectivity index (χ0) is 12.6. The summed E-state index contributed by atoms with van der Waals surface area (Å²) >= 11 is 1.43. The molecule has 0 aromatic carbocycles. The third kappa shape index (κ3) is 4.05. The Balaban J connectivity index is 1.91. The van der Waals surface area contributed by atoms with Gasteiger partial charge in [0.15, 0.2) is 5.16 Å². The molecule has 0 saturated heterocycles. The summed E-state index contributed by atoms with van der Waals surface area (Å²) in [5.41, 5.74) is 1.09. The summed E-state index contributed by atoms with van der Waals surface area (Å²) < 4.78 is 0. The molecule has 94 valence electrons. The lowest BCUT2D eigenvalue weighted by Crippen LogP contribution is -2.14. The molecular weight excluding hydrogens is 246 g/mol. The Kier molecular flexibility index (Phi) is 5.04. The van der Waals surface area contributed by atoms with Gasteiger partial charge in [0.2, 0.25) is 0 Å². The first-order chi connectivity index (χ1) is 8.88. The highest BCUT2D eigenvalue weighted by atomic mass is 32.2. The average Bonchev–Trinajstić information content (AvgIpc) is 2.42. The van der Waals surface area contributed by atoms with Gasteiger partial charge in [0, 0.05) is 30.7 Å². The molecule has 0 aliphatic heterocycles. The van der Waals surface area contributed by atoms with E-state index in [9.17, 15) is 0 Å². The molecule has 0 radical (unpaired) electrons. The van der Waals surface area contributed by atoms with E-state index in [1.165, 1.54) is 18.1 Å². The molecule has 2 heterocycles. The van der Waals surface area contributed by atoms with Gasteiger partial charge in [0.25, 0.3) is 0 Å². The summed E-state index contributed by atoms with van der Waals surface area (Å²) in [5, 5.41) is 4.86. The van der Waals surface area contributed by atoms with Crippen LogP contribution in [0.25, 0.3) is 0 Å². The smallest absolute Gasteiger partial charge is 0.193 e. The lowest BCUT2D eigenvalue weighted by molar-refractivity contribution is 0.669. The monoisotopic (exact) mass is 261 g/mol. The summed E-state index contributed by atoms with van der Waals surface area (Å²) in [5.74, 6) is 0. The fourth-order valence-electron chi connectivity index (χ4n) is 1.33. The van der Waals surface area contributed by atoms with Crippen molar-refractivity contribution in [3.63, 3.8) is 0 Å². The highest BCUT2D eigenvalue weighted by Gasteiger charge is 2.01. The Hall–Kier alpha value is -1.53. The molecule has 2 aromatic rings. The first kappa shape index (κ1) is 12.9. The van der Waals surface area contributed by atoms with E-state index in [0.29, 0.717) is 5.16 Å². The molecule has 0 atom stereocenters. The molecule has 0 unspecified atom stereocenters. The van der Waals surface area contributed by atoms with Crippen LogP contribution in [-0.4, -0.2) is 26.5 Å². The zero-order valence-electron chi connectivity index (χ0n) is 10.2. The predicted octanol–water partition coefficient (Wildman–Crippen LogP) is 1.92. The maximum atomic E-state index is 4.30. The second-order valence-electron chi connectivity index (χ2n) is 3.70. The lowest BCUT2D eigenvalue weighted by atomic mass is 10.3. The van der Waals surface area contributed by atoms with E-state index in [4.69, 9.17) is 0 Å². The van der Waals surface area contributed by atoms with Gasteiger partial charge in [0.05, 0.1) is 0 Å². The van der Waals surface area contributed by atoms with Crippen LogP contribution >= 0.6 is 11.8 Å². The Morgan fingerprint density at radius 2 is 2.06 bits per heavy atom. The molecule has 0 bridgehead atoms. The van der Waals surface area contributed by atoms with E-state index in [1.807, 2.05) is 18.5 Å². The van der Waals surface area contributed by atoms with Crippen molar-refractivity contribution >= 4 is 11.8 Å². The zero-order valence-corrected chi connectivity index (χ0v) is 11.0. The molecule has 2 aromatic heterocycles. The van der Waals surface area contributed by atoms with Crippen LogP contribution in [0.5, 0.6) is 0 Å². The van der Waals surface area contributed by atoms with E-state index in [-0.39, 0.29) is 0 Å². The molecule has 18 heavy (non-hydrogen) atoms. The molecule has 0 spiro atoms. The lowest BCUT2D eigenvalue weighted by Gasteiger charge is -2.03. The second-order valence-corrected chi connectivity index (χ2v) is 4.69. The van der Waals surface area contributed by atoms with Crippen molar-refractivity contribution in [2.75, 3.05) is 6.54 Å². The van der Waals surface area contributed by atoms with Crippen LogP contribution < -0.4 is 5.32 Å². The summed E-state index contributed by atoms with van der Waals surface area (Å²) in [4.78, 5) is 16.6. The first-order valence-electron chi connectivity index (χ1n) is 5.84. The number of hydrogen-bond acceptors (Lipinski definition) is 6. The quantitative estimate of drug-likeness (QED) is 0.487. The van der Waals surface area contributed by atoms with Crippen LogP contribution in [0.2, 0.25) is 0 Å². The first-order valence-corrected chi connectivity index (χ1v) is 6.65. The molecule has 5 nitrogen and oxygen atoms in total. The molecule has 0 aliphatic carbocycles. The number of hydrogen-bond donors (Lipinski definition) is 1. The predicted molar refractivity (Wildman–Crippen MR) is 70.2 cm³/mol. The minimum Gasteiger partial charge on any atom is -0.313 e. The van der Waals surface area contributed by atoms with Crippen LogP contribution in [0.3, 0.4) is 0 Å². The van der Waals surface area contributed by atoms with Crippen molar-refractivity contribution in [1.82, 2.24) is 25.3 Å². The van der Waals surface area contributed by atoms with Gasteiger partial charge in [0.1, 0.15) is 11.4 Å². The molecule has 1 N–H and O–H groups in total. The molecule has 0 fully saturated rings. The standard InChI is InChI=1S/C12H15N5S/c1-2-4-13-6-10-7-15-12(16-8-10)18-11-3-5-14-9-17-11/h3,5,7-9,13H,2,4,6H2,1H3. The highest BCUT2D eigenvalue weighted by molar-refractivity contribution is 7.99. The Labute approximate surface area is 110 Å². The molecular formula is C12H15N5S. The summed E-state index contributed by atoms with van der Waals surface area (Å²) in [6, 6.07) is 1.84. The van der Waals surface area contributed by atoms with Gasteiger partial charge in [-0.05, 0) is 30.8 Å². The summed E-state index contributed by atoms with van der Waals surface area (Å²) in [7, 11) is 0. The van der Waals surface area contributed by atoms with E-state index in [2.05, 4.69) is 32.2 Å². The molecule has 6 heteroatoms. The highest BCUT2D eigenvalue weighted by Crippen LogP contribution is 2.20. The number of nitrogens with zero attached hydrogens (tertiary/aromatic N) is 4. The van der Waals surface area contributed by atoms with Crippen LogP contribution in [0.15, 0.2) is 41.2 Å². The Bertz CT molecular complexity index is 460. The van der Waals surface area contributed by atoms with Crippen molar-refractivity contribution in [1.29, 1.82) is 0 Å². The van der Waals surface area contributed by atoms with Crippen LogP contribution in [-0.2, 0) is 6.54 Å². The molecule has 0 amide bonds. The number of aromatic nitrogens is 4. The van der Waals surface area contributed by atoms with Gasteiger partial charge < -0.3 is 5.32 Å². The maximum absolute atomic E-state index is 4.30. The minimum absolute atomic E-state index is 0.702. The van der Waals surface area contributed by atoms with Crippen molar-refractivity contribution in [2.24, 2.45) is 0 Å². The van der Waals surface area contributed by atoms with E-state index >= 15 is 0 Å². The van der Waals surface area contributed by atoms with Crippen molar-refractivity contribution < 1.29 is 0 Å². The topological polar surface area (TPSA) is 63.6 Å². The molecule has 2 rings (SSSR count). The third-order valence-electron chi connectivity index (χ3n) is 2.19. The second kappa shape index (κ2) is 7.03. The van der Waals surface area contributed by atoms with Gasteiger partial charge in [-0.3, -0.25) is 0 Å². The largest absolute Gasteiger partial charge is 0.313 e. The summed E-state index contributed by atoms with van der Waals surface area (Å²) in [6.07, 6.45) is 8.05. The third-order valence-corrected chi connectivity index (χ3v) is 3.03. The van der Waals surface area contributed by atoms with Gasteiger partial charge in [-0.1, -0.05) is 6.92 Å². The van der Waals surface area contributed by atoms with Gasteiger partial charge in [-0.15, -0.1) is 0 Å².